The van der Waals surface area contributed by atoms with Gasteiger partial charge < -0.3 is 5.32 Å². The van der Waals surface area contributed by atoms with Gasteiger partial charge in [-0.1, -0.05) is 18.2 Å². The molecule has 2 heterocycles. The lowest BCUT2D eigenvalue weighted by Gasteiger charge is -2.17. The predicted molar refractivity (Wildman–Crippen MR) is 60.3 cm³/mol. The zero-order valence-electron chi connectivity index (χ0n) is 8.22. The van der Waals surface area contributed by atoms with Gasteiger partial charge in [0.05, 0.1) is 12.0 Å². The molecule has 0 fully saturated rings. The summed E-state index contributed by atoms with van der Waals surface area (Å²) in [5.41, 5.74) is 3.40. The molecular formula is C12H11N3. The monoisotopic (exact) mass is 197 g/mol. The number of rotatable bonds is 1. The highest BCUT2D eigenvalue weighted by atomic mass is 15.1. The molecule has 1 unspecified atom stereocenters. The number of aromatic nitrogens is 1. The predicted octanol–water partition coefficient (Wildman–Crippen LogP) is 1.75. The van der Waals surface area contributed by atoms with Crippen LogP contribution in [0.3, 0.4) is 0 Å². The zero-order valence-corrected chi connectivity index (χ0v) is 8.22. The summed E-state index contributed by atoms with van der Waals surface area (Å²) in [5.74, 6) is 0. The molecule has 1 aromatic rings. The minimum atomic E-state index is 0.133. The Bertz CT molecular complexity index is 457. The van der Waals surface area contributed by atoms with Crippen LogP contribution < -0.4 is 5.32 Å². The third kappa shape index (κ3) is 1.36. The molecule has 1 N–H and O–H groups in total. The molecular weight excluding hydrogens is 186 g/mol. The first-order valence-corrected chi connectivity index (χ1v) is 5.05. The van der Waals surface area contributed by atoms with Crippen LogP contribution in [0.5, 0.6) is 0 Å². The SMILES string of the molecule is C1=NC2C(=CCC=C2c2ccccn2)N1. The molecule has 15 heavy (non-hydrogen) atoms. The third-order valence-electron chi connectivity index (χ3n) is 2.68. The summed E-state index contributed by atoms with van der Waals surface area (Å²) in [6, 6.07) is 6.10. The first-order valence-electron chi connectivity index (χ1n) is 5.05. The molecule has 0 amide bonds. The maximum atomic E-state index is 4.40. The summed E-state index contributed by atoms with van der Waals surface area (Å²) in [5, 5.41) is 3.16. The van der Waals surface area contributed by atoms with Crippen molar-refractivity contribution in [3.8, 4) is 0 Å². The highest BCUT2D eigenvalue weighted by Crippen LogP contribution is 2.29. The summed E-state index contributed by atoms with van der Waals surface area (Å²) in [6.07, 6.45) is 8.90. The van der Waals surface area contributed by atoms with Gasteiger partial charge in [0.2, 0.25) is 0 Å². The van der Waals surface area contributed by atoms with Crippen LogP contribution in [-0.2, 0) is 0 Å². The molecule has 0 saturated heterocycles. The number of aliphatic imine (C=N–C) groups is 1. The van der Waals surface area contributed by atoms with Gasteiger partial charge in [0.1, 0.15) is 6.04 Å². The Balaban J connectivity index is 2.00. The van der Waals surface area contributed by atoms with E-state index in [0.717, 1.165) is 12.1 Å². The highest BCUT2D eigenvalue weighted by molar-refractivity contribution is 5.78. The summed E-state index contributed by atoms with van der Waals surface area (Å²) in [7, 11) is 0. The fraction of sp³-hybridized carbons (Fsp3) is 0.167. The first-order chi connectivity index (χ1) is 7.45. The first kappa shape index (κ1) is 8.41. The molecule has 2 aliphatic rings. The number of fused-ring (bicyclic) bond motifs is 1. The largest absolute Gasteiger partial charge is 0.348 e. The van der Waals surface area contributed by atoms with Crippen molar-refractivity contribution in [3.63, 3.8) is 0 Å². The van der Waals surface area contributed by atoms with Crippen molar-refractivity contribution in [3.05, 3.63) is 47.9 Å². The Morgan fingerprint density at radius 3 is 3.13 bits per heavy atom. The van der Waals surface area contributed by atoms with Gasteiger partial charge in [-0.3, -0.25) is 9.98 Å². The normalized spacial score (nSPS) is 22.8. The Kier molecular flexibility index (Phi) is 1.88. The quantitative estimate of drug-likeness (QED) is 0.744. The Morgan fingerprint density at radius 1 is 1.27 bits per heavy atom. The fourth-order valence-corrected chi connectivity index (χ4v) is 1.97. The Labute approximate surface area is 88.3 Å². The molecule has 74 valence electrons. The Hall–Kier alpha value is -1.90. The van der Waals surface area contributed by atoms with E-state index in [0.29, 0.717) is 0 Å². The second-order valence-corrected chi connectivity index (χ2v) is 3.59. The van der Waals surface area contributed by atoms with Gasteiger partial charge in [0.15, 0.2) is 0 Å². The molecule has 0 spiro atoms. The molecule has 1 aliphatic heterocycles. The number of hydrogen-bond acceptors (Lipinski definition) is 3. The minimum absolute atomic E-state index is 0.133. The van der Waals surface area contributed by atoms with Crippen LogP contribution in [0.2, 0.25) is 0 Å². The van der Waals surface area contributed by atoms with E-state index in [1.54, 1.807) is 6.34 Å². The van der Waals surface area contributed by atoms with Gasteiger partial charge >= 0.3 is 0 Å². The molecule has 0 radical (unpaired) electrons. The van der Waals surface area contributed by atoms with E-state index in [9.17, 15) is 0 Å². The molecule has 3 rings (SSSR count). The second kappa shape index (κ2) is 3.35. The molecule has 1 atom stereocenters. The van der Waals surface area contributed by atoms with Gasteiger partial charge in [-0.15, -0.1) is 0 Å². The highest BCUT2D eigenvalue weighted by Gasteiger charge is 2.24. The topological polar surface area (TPSA) is 37.3 Å². The van der Waals surface area contributed by atoms with Gasteiger partial charge in [-0.25, -0.2) is 0 Å². The van der Waals surface area contributed by atoms with Gasteiger partial charge in [-0.05, 0) is 18.6 Å². The van der Waals surface area contributed by atoms with E-state index in [2.05, 4.69) is 27.4 Å². The van der Waals surface area contributed by atoms with E-state index in [1.165, 1.54) is 11.3 Å². The van der Waals surface area contributed by atoms with Crippen LogP contribution in [0.25, 0.3) is 5.57 Å². The second-order valence-electron chi connectivity index (χ2n) is 3.59. The van der Waals surface area contributed by atoms with Crippen molar-refractivity contribution in [2.24, 2.45) is 4.99 Å². The van der Waals surface area contributed by atoms with Crippen LogP contribution in [0.4, 0.5) is 0 Å². The minimum Gasteiger partial charge on any atom is -0.348 e. The standard InChI is InChI=1S/C12H11N3/c1-2-7-13-10(5-1)9-4-3-6-11-12(9)15-8-14-11/h1-2,4-8,12H,3H2,(H,14,15). The number of nitrogens with zero attached hydrogens (tertiary/aromatic N) is 2. The summed E-state index contributed by atoms with van der Waals surface area (Å²) >= 11 is 0. The van der Waals surface area contributed by atoms with E-state index in [1.807, 2.05) is 24.4 Å². The maximum absolute atomic E-state index is 4.40. The van der Waals surface area contributed by atoms with E-state index >= 15 is 0 Å². The van der Waals surface area contributed by atoms with E-state index < -0.39 is 0 Å². The van der Waals surface area contributed by atoms with Crippen molar-refractivity contribution in [2.45, 2.75) is 12.5 Å². The van der Waals surface area contributed by atoms with Gasteiger partial charge in [0, 0.05) is 17.5 Å². The Morgan fingerprint density at radius 2 is 2.27 bits per heavy atom. The maximum Gasteiger partial charge on any atom is 0.118 e. The van der Waals surface area contributed by atoms with Crippen molar-refractivity contribution < 1.29 is 0 Å². The molecule has 0 saturated carbocycles. The zero-order chi connectivity index (χ0) is 10.1. The molecule has 0 aromatic carbocycles. The van der Waals surface area contributed by atoms with Crippen LogP contribution >= 0.6 is 0 Å². The van der Waals surface area contributed by atoms with E-state index in [-0.39, 0.29) is 6.04 Å². The van der Waals surface area contributed by atoms with Crippen LogP contribution in [0.15, 0.2) is 47.2 Å². The lowest BCUT2D eigenvalue weighted by atomic mass is 9.95. The number of allylic oxidation sites excluding steroid dienone is 2. The van der Waals surface area contributed by atoms with Crippen LogP contribution in [-0.4, -0.2) is 17.4 Å². The van der Waals surface area contributed by atoms with Crippen molar-refractivity contribution in [1.82, 2.24) is 10.3 Å². The summed E-state index contributed by atoms with van der Waals surface area (Å²) in [4.78, 5) is 8.77. The smallest absolute Gasteiger partial charge is 0.118 e. The molecule has 3 nitrogen and oxygen atoms in total. The molecule has 0 bridgehead atoms. The summed E-state index contributed by atoms with van der Waals surface area (Å²) < 4.78 is 0. The molecule has 3 heteroatoms. The van der Waals surface area contributed by atoms with E-state index in [4.69, 9.17) is 0 Å². The lowest BCUT2D eigenvalue weighted by molar-refractivity contribution is 0.929. The van der Waals surface area contributed by atoms with Gasteiger partial charge in [-0.2, -0.15) is 0 Å². The van der Waals surface area contributed by atoms with Crippen molar-refractivity contribution in [2.75, 3.05) is 0 Å². The van der Waals surface area contributed by atoms with Crippen molar-refractivity contribution in [1.29, 1.82) is 0 Å². The summed E-state index contributed by atoms with van der Waals surface area (Å²) in [6.45, 7) is 0. The number of nitrogens with one attached hydrogen (secondary N) is 1. The van der Waals surface area contributed by atoms with Crippen LogP contribution in [0.1, 0.15) is 12.1 Å². The number of pyridine rings is 1. The lowest BCUT2D eigenvalue weighted by Crippen LogP contribution is -2.17. The fourth-order valence-electron chi connectivity index (χ4n) is 1.97. The third-order valence-corrected chi connectivity index (χ3v) is 2.68. The average molecular weight is 197 g/mol. The molecule has 1 aromatic heterocycles. The van der Waals surface area contributed by atoms with Crippen LogP contribution in [0, 0.1) is 0 Å². The van der Waals surface area contributed by atoms with Crippen molar-refractivity contribution >= 4 is 11.9 Å². The molecule has 1 aliphatic carbocycles. The van der Waals surface area contributed by atoms with Gasteiger partial charge in [0.25, 0.3) is 0 Å². The average Bonchev–Trinajstić information content (AvgIpc) is 2.78. The number of hydrogen-bond donors (Lipinski definition) is 1.